The number of rotatable bonds is 6. The topological polar surface area (TPSA) is 85.2 Å². The van der Waals surface area contributed by atoms with Crippen molar-refractivity contribution < 1.29 is 9.53 Å². The minimum Gasteiger partial charge on any atom is -0.466 e. The number of ether oxygens (including phenoxy) is 1. The minimum atomic E-state index is -0.0793. The molecule has 0 unspecified atom stereocenters. The monoisotopic (exact) mass is 479 g/mol. The first-order valence-corrected chi connectivity index (χ1v) is 12.7. The highest BCUT2D eigenvalue weighted by molar-refractivity contribution is 5.86. The van der Waals surface area contributed by atoms with Crippen LogP contribution in [0, 0.1) is 5.92 Å². The number of aromatic nitrogens is 5. The molecule has 1 N–H and O–H groups in total. The number of pyridine rings is 1. The third-order valence-corrected chi connectivity index (χ3v) is 7.32. The SMILES string of the molecule is CCOC(=O)CC1CCC(c2nc3c(-c4ccc(-c5ccccc5)nc4)cnn3c3[nH]ccc23)CC1. The van der Waals surface area contributed by atoms with Gasteiger partial charge in [0.2, 0.25) is 0 Å². The maximum Gasteiger partial charge on any atom is 0.306 e. The number of H-pyrrole nitrogens is 1. The number of hydrogen-bond donors (Lipinski definition) is 1. The van der Waals surface area contributed by atoms with Crippen LogP contribution in [0.25, 0.3) is 39.1 Å². The van der Waals surface area contributed by atoms with Crippen LogP contribution < -0.4 is 0 Å². The van der Waals surface area contributed by atoms with Crippen LogP contribution in [0.15, 0.2) is 67.1 Å². The molecule has 0 radical (unpaired) electrons. The molecule has 1 aliphatic rings. The van der Waals surface area contributed by atoms with Crippen molar-refractivity contribution in [3.05, 3.63) is 72.8 Å². The van der Waals surface area contributed by atoms with E-state index >= 15 is 0 Å². The summed E-state index contributed by atoms with van der Waals surface area (Å²) in [6.45, 7) is 2.30. The zero-order valence-corrected chi connectivity index (χ0v) is 20.4. The third kappa shape index (κ3) is 4.15. The lowest BCUT2D eigenvalue weighted by atomic mass is 9.78. The van der Waals surface area contributed by atoms with Gasteiger partial charge in [0.25, 0.3) is 0 Å². The summed E-state index contributed by atoms with van der Waals surface area (Å²) < 4.78 is 7.05. The van der Waals surface area contributed by atoms with E-state index in [2.05, 4.69) is 34.3 Å². The Morgan fingerprint density at radius 2 is 1.86 bits per heavy atom. The van der Waals surface area contributed by atoms with E-state index in [9.17, 15) is 4.79 Å². The molecule has 5 aromatic rings. The molecule has 36 heavy (non-hydrogen) atoms. The Bertz CT molecular complexity index is 1500. The van der Waals surface area contributed by atoms with Crippen LogP contribution in [0.3, 0.4) is 0 Å². The van der Waals surface area contributed by atoms with Gasteiger partial charge in [0.15, 0.2) is 5.65 Å². The van der Waals surface area contributed by atoms with Crippen molar-refractivity contribution in [1.29, 1.82) is 0 Å². The van der Waals surface area contributed by atoms with Gasteiger partial charge in [-0.25, -0.2) is 4.98 Å². The lowest BCUT2D eigenvalue weighted by Crippen LogP contribution is -2.18. The first-order valence-electron chi connectivity index (χ1n) is 12.7. The van der Waals surface area contributed by atoms with Gasteiger partial charge in [-0.2, -0.15) is 9.61 Å². The number of carbonyl (C=O) groups is 1. The summed E-state index contributed by atoms with van der Waals surface area (Å²) >= 11 is 0. The summed E-state index contributed by atoms with van der Waals surface area (Å²) in [4.78, 5) is 25.2. The van der Waals surface area contributed by atoms with Crippen LogP contribution in [-0.2, 0) is 9.53 Å². The summed E-state index contributed by atoms with van der Waals surface area (Å²) in [7, 11) is 0. The fourth-order valence-electron chi connectivity index (χ4n) is 5.47. The van der Waals surface area contributed by atoms with Gasteiger partial charge < -0.3 is 9.72 Å². The highest BCUT2D eigenvalue weighted by Crippen LogP contribution is 2.40. The fraction of sp³-hybridized carbons (Fsp3) is 0.310. The Kier molecular flexibility index (Phi) is 5.97. The number of aromatic amines is 1. The van der Waals surface area contributed by atoms with Crippen molar-refractivity contribution in [1.82, 2.24) is 24.6 Å². The zero-order chi connectivity index (χ0) is 24.5. The predicted octanol–water partition coefficient (Wildman–Crippen LogP) is 6.17. The highest BCUT2D eigenvalue weighted by Gasteiger charge is 2.28. The van der Waals surface area contributed by atoms with Gasteiger partial charge in [0.05, 0.1) is 24.2 Å². The molecule has 0 bridgehead atoms. The van der Waals surface area contributed by atoms with Crippen molar-refractivity contribution in [3.63, 3.8) is 0 Å². The summed E-state index contributed by atoms with van der Waals surface area (Å²) in [5.41, 5.74) is 6.91. The van der Waals surface area contributed by atoms with Crippen molar-refractivity contribution in [3.8, 4) is 22.4 Å². The molecule has 6 rings (SSSR count). The van der Waals surface area contributed by atoms with Crippen molar-refractivity contribution in [2.45, 2.75) is 44.9 Å². The lowest BCUT2D eigenvalue weighted by Gasteiger charge is -2.28. The molecule has 7 heteroatoms. The van der Waals surface area contributed by atoms with Gasteiger partial charge in [-0.1, -0.05) is 36.4 Å². The summed E-state index contributed by atoms with van der Waals surface area (Å²) in [6, 6.07) is 16.4. The first-order chi connectivity index (χ1) is 17.7. The molecule has 4 heterocycles. The average molecular weight is 480 g/mol. The van der Waals surface area contributed by atoms with Gasteiger partial charge >= 0.3 is 5.97 Å². The van der Waals surface area contributed by atoms with E-state index in [4.69, 9.17) is 14.7 Å². The molecule has 0 spiro atoms. The smallest absolute Gasteiger partial charge is 0.306 e. The standard InChI is InChI=1S/C29H29N5O2/c1-2-36-26(35)16-19-8-10-21(11-9-19)27-23-14-15-30-28(23)34-29(33-27)24(18-32-34)22-12-13-25(31-17-22)20-6-4-3-5-7-20/h3-7,12-15,17-19,21,30H,2,8-11,16H2,1H3. The van der Waals surface area contributed by atoms with E-state index in [1.165, 1.54) is 0 Å². The largest absolute Gasteiger partial charge is 0.466 e. The van der Waals surface area contributed by atoms with Gasteiger partial charge in [-0.05, 0) is 50.7 Å². The Hall–Kier alpha value is -4.00. The zero-order valence-electron chi connectivity index (χ0n) is 20.4. The molecule has 182 valence electrons. The van der Waals surface area contributed by atoms with Crippen molar-refractivity contribution in [2.24, 2.45) is 5.92 Å². The molecule has 0 aliphatic heterocycles. The molecule has 1 fully saturated rings. The van der Waals surface area contributed by atoms with Gasteiger partial charge in [-0.3, -0.25) is 9.78 Å². The second kappa shape index (κ2) is 9.57. The Balaban J connectivity index is 1.31. The van der Waals surface area contributed by atoms with E-state index in [-0.39, 0.29) is 5.97 Å². The molecular formula is C29H29N5O2. The van der Waals surface area contributed by atoms with Crippen molar-refractivity contribution in [2.75, 3.05) is 6.61 Å². The predicted molar refractivity (Wildman–Crippen MR) is 139 cm³/mol. The number of esters is 1. The van der Waals surface area contributed by atoms with E-state index in [1.54, 1.807) is 0 Å². The quantitative estimate of drug-likeness (QED) is 0.295. The van der Waals surface area contributed by atoms with Crippen LogP contribution in [0.2, 0.25) is 0 Å². The second-order valence-electron chi connectivity index (χ2n) is 9.56. The molecule has 0 atom stereocenters. The van der Waals surface area contributed by atoms with Crippen LogP contribution in [-0.4, -0.2) is 37.1 Å². The molecule has 1 aliphatic carbocycles. The van der Waals surface area contributed by atoms with Crippen molar-refractivity contribution >= 4 is 22.6 Å². The van der Waals surface area contributed by atoms with Crippen LogP contribution >= 0.6 is 0 Å². The molecule has 7 nitrogen and oxygen atoms in total. The first kappa shape index (κ1) is 22.5. The summed E-state index contributed by atoms with van der Waals surface area (Å²) in [5.74, 6) is 0.669. The molecule has 0 amide bonds. The fourth-order valence-corrected chi connectivity index (χ4v) is 5.47. The third-order valence-electron chi connectivity index (χ3n) is 7.32. The maximum atomic E-state index is 11.9. The number of hydrogen-bond acceptors (Lipinski definition) is 5. The van der Waals surface area contributed by atoms with Gasteiger partial charge in [-0.15, -0.1) is 0 Å². The number of fused-ring (bicyclic) bond motifs is 3. The van der Waals surface area contributed by atoms with Crippen LogP contribution in [0.1, 0.15) is 50.6 Å². The Morgan fingerprint density at radius 3 is 2.61 bits per heavy atom. The molecule has 4 aromatic heterocycles. The highest BCUT2D eigenvalue weighted by atomic mass is 16.5. The molecule has 1 saturated carbocycles. The second-order valence-corrected chi connectivity index (χ2v) is 9.56. The number of benzene rings is 1. The number of nitrogens with one attached hydrogen (secondary N) is 1. The Morgan fingerprint density at radius 1 is 1.03 bits per heavy atom. The number of nitrogens with zero attached hydrogens (tertiary/aromatic N) is 4. The van der Waals surface area contributed by atoms with Crippen LogP contribution in [0.5, 0.6) is 0 Å². The lowest BCUT2D eigenvalue weighted by molar-refractivity contribution is -0.144. The normalized spacial score (nSPS) is 18.0. The van der Waals surface area contributed by atoms with Crippen LogP contribution in [0.4, 0.5) is 0 Å². The molecular weight excluding hydrogens is 450 g/mol. The summed E-state index contributed by atoms with van der Waals surface area (Å²) in [5, 5.41) is 5.78. The van der Waals surface area contributed by atoms with E-state index in [1.807, 2.05) is 54.3 Å². The Labute approximate surface area is 209 Å². The average Bonchev–Trinajstić information content (AvgIpc) is 3.57. The van der Waals surface area contributed by atoms with E-state index in [0.29, 0.717) is 24.9 Å². The number of carbonyl (C=O) groups excluding carboxylic acids is 1. The molecule has 0 saturated heterocycles. The maximum absolute atomic E-state index is 11.9. The van der Waals surface area contributed by atoms with Gasteiger partial charge in [0.1, 0.15) is 5.65 Å². The van der Waals surface area contributed by atoms with E-state index < -0.39 is 0 Å². The molecule has 1 aromatic carbocycles. The van der Waals surface area contributed by atoms with Gasteiger partial charge in [0, 0.05) is 46.8 Å². The minimum absolute atomic E-state index is 0.0793. The summed E-state index contributed by atoms with van der Waals surface area (Å²) in [6.07, 6.45) is 10.3. The van der Waals surface area contributed by atoms with E-state index in [0.717, 1.165) is 70.4 Å².